The summed E-state index contributed by atoms with van der Waals surface area (Å²) < 4.78 is 36.6. The van der Waals surface area contributed by atoms with Crippen molar-refractivity contribution in [2.45, 2.75) is 90.1 Å². The molecule has 0 radical (unpaired) electrons. The van der Waals surface area contributed by atoms with Crippen molar-refractivity contribution in [2.75, 3.05) is 37.7 Å². The van der Waals surface area contributed by atoms with Crippen LogP contribution in [0.4, 0.5) is 5.69 Å². The normalized spacial score (nSPS) is 17.9. The third-order valence-electron chi connectivity index (χ3n) is 11.3. The van der Waals surface area contributed by atoms with E-state index in [1.54, 1.807) is 15.9 Å². The highest BCUT2D eigenvalue weighted by atomic mass is 32.2. The Hall–Kier alpha value is -4.20. The van der Waals surface area contributed by atoms with Gasteiger partial charge in [0.2, 0.25) is 10.0 Å². The number of amides is 1. The van der Waals surface area contributed by atoms with Gasteiger partial charge in [-0.2, -0.15) is 0 Å². The van der Waals surface area contributed by atoms with E-state index in [2.05, 4.69) is 28.2 Å². The zero-order valence-electron chi connectivity index (χ0n) is 30.8. The molecule has 2 aliphatic heterocycles. The van der Waals surface area contributed by atoms with Crippen molar-refractivity contribution in [3.8, 4) is 11.1 Å². The summed E-state index contributed by atoms with van der Waals surface area (Å²) in [7, 11) is -1.50. The fraction of sp³-hybridized carbons (Fsp3) is 0.513. The molecule has 0 bridgehead atoms. The van der Waals surface area contributed by atoms with E-state index in [9.17, 15) is 22.8 Å². The minimum atomic E-state index is -3.27. The first-order valence-corrected chi connectivity index (χ1v) is 20.1. The number of H-pyrrole nitrogens is 1. The number of sulfonamides is 1. The first kappa shape index (κ1) is 36.2. The third-order valence-corrected chi connectivity index (χ3v) is 13.7. The molecule has 7 rings (SSSR count). The average molecular weight is 731 g/mol. The molecule has 0 unspecified atom stereocenters. The second-order valence-corrected chi connectivity index (χ2v) is 16.9. The van der Waals surface area contributed by atoms with Crippen molar-refractivity contribution < 1.29 is 17.9 Å². The summed E-state index contributed by atoms with van der Waals surface area (Å²) in [6.07, 6.45) is 4.36. The number of aromatic nitrogens is 3. The Kier molecular flexibility index (Phi) is 9.96. The Morgan fingerprint density at radius 1 is 0.942 bits per heavy atom. The van der Waals surface area contributed by atoms with Gasteiger partial charge in [0.1, 0.15) is 0 Å². The van der Waals surface area contributed by atoms with Crippen LogP contribution in [-0.4, -0.2) is 76.9 Å². The molecule has 0 spiro atoms. The summed E-state index contributed by atoms with van der Waals surface area (Å²) in [6.45, 7) is 10.8. The van der Waals surface area contributed by atoms with Gasteiger partial charge in [0.15, 0.2) is 0 Å². The second kappa shape index (κ2) is 14.3. The largest absolute Gasteiger partial charge is 0.381 e. The van der Waals surface area contributed by atoms with E-state index in [4.69, 9.17) is 4.74 Å². The summed E-state index contributed by atoms with van der Waals surface area (Å²) in [5.74, 6) is -0.270. The van der Waals surface area contributed by atoms with Crippen LogP contribution < -0.4 is 21.5 Å². The smallest absolute Gasteiger partial charge is 0.329 e. The molecule has 4 heterocycles. The summed E-state index contributed by atoms with van der Waals surface area (Å²) in [5.41, 5.74) is 7.41. The number of rotatable bonds is 10. The van der Waals surface area contributed by atoms with Crippen molar-refractivity contribution in [1.82, 2.24) is 23.7 Å². The minimum Gasteiger partial charge on any atom is -0.381 e. The predicted octanol–water partition coefficient (Wildman–Crippen LogP) is 4.68. The first-order valence-electron chi connectivity index (χ1n) is 18.6. The zero-order valence-corrected chi connectivity index (χ0v) is 31.6. The molecular weight excluding hydrogens is 681 g/mol. The number of aromatic amines is 1. The number of carbonyl (C=O) groups excluding carboxylic acids is 1. The van der Waals surface area contributed by atoms with Crippen molar-refractivity contribution >= 4 is 32.7 Å². The maximum atomic E-state index is 14.1. The van der Waals surface area contributed by atoms with Gasteiger partial charge in [-0.1, -0.05) is 6.07 Å². The fourth-order valence-electron chi connectivity index (χ4n) is 8.22. The molecule has 2 aromatic heterocycles. The molecule has 12 nitrogen and oxygen atoms in total. The summed E-state index contributed by atoms with van der Waals surface area (Å²) in [5, 5.41) is 2.78. The number of hydrogen-bond donors (Lipinski definition) is 2. The molecular formula is C39H50N6O6S. The van der Waals surface area contributed by atoms with Gasteiger partial charge < -0.3 is 19.9 Å². The van der Waals surface area contributed by atoms with Crippen LogP contribution >= 0.6 is 0 Å². The molecule has 1 saturated carbocycles. The van der Waals surface area contributed by atoms with Crippen molar-refractivity contribution in [3.05, 3.63) is 85.2 Å². The lowest BCUT2D eigenvalue weighted by atomic mass is 9.95. The van der Waals surface area contributed by atoms with Gasteiger partial charge in [0.25, 0.3) is 11.5 Å². The number of ether oxygens (including phenoxy) is 1. The van der Waals surface area contributed by atoms with Gasteiger partial charge in [-0.25, -0.2) is 17.5 Å². The van der Waals surface area contributed by atoms with E-state index in [-0.39, 0.29) is 41.0 Å². The van der Waals surface area contributed by atoms with E-state index in [1.807, 2.05) is 55.7 Å². The number of imidazole rings is 1. The van der Waals surface area contributed by atoms with E-state index in [0.29, 0.717) is 50.3 Å². The molecule has 13 heteroatoms. The lowest BCUT2D eigenvalue weighted by Crippen LogP contribution is -2.42. The highest BCUT2D eigenvalue weighted by Crippen LogP contribution is 2.37. The van der Waals surface area contributed by atoms with Crippen LogP contribution in [0.2, 0.25) is 0 Å². The lowest BCUT2D eigenvalue weighted by Gasteiger charge is -2.37. The molecule has 1 aliphatic carbocycles. The van der Waals surface area contributed by atoms with Crippen molar-refractivity contribution in [1.29, 1.82) is 0 Å². The molecule has 3 aliphatic rings. The van der Waals surface area contributed by atoms with Crippen LogP contribution in [0.5, 0.6) is 0 Å². The topological polar surface area (TPSA) is 139 Å². The van der Waals surface area contributed by atoms with E-state index >= 15 is 0 Å². The predicted molar refractivity (Wildman–Crippen MR) is 204 cm³/mol. The number of anilines is 1. The van der Waals surface area contributed by atoms with Gasteiger partial charge in [-0.3, -0.25) is 18.7 Å². The lowest BCUT2D eigenvalue weighted by molar-refractivity contribution is 0.0846. The van der Waals surface area contributed by atoms with Crippen LogP contribution in [0.3, 0.4) is 0 Å². The van der Waals surface area contributed by atoms with Crippen LogP contribution in [0.1, 0.15) is 84.2 Å². The van der Waals surface area contributed by atoms with Crippen molar-refractivity contribution in [2.24, 2.45) is 7.05 Å². The van der Waals surface area contributed by atoms with Gasteiger partial charge in [-0.15, -0.1) is 0 Å². The summed E-state index contributed by atoms with van der Waals surface area (Å²) in [4.78, 5) is 45.8. The van der Waals surface area contributed by atoms with Gasteiger partial charge in [0.05, 0.1) is 16.3 Å². The Morgan fingerprint density at radius 3 is 2.31 bits per heavy atom. The van der Waals surface area contributed by atoms with Crippen LogP contribution in [0, 0.1) is 20.8 Å². The van der Waals surface area contributed by atoms with E-state index in [0.717, 1.165) is 76.9 Å². The van der Waals surface area contributed by atoms with Crippen LogP contribution in [0.25, 0.3) is 22.2 Å². The maximum absolute atomic E-state index is 14.1. The number of carbonyl (C=O) groups is 1. The summed E-state index contributed by atoms with van der Waals surface area (Å²) in [6, 6.07) is 12.1. The third kappa shape index (κ3) is 6.74. The van der Waals surface area contributed by atoms with Crippen LogP contribution in [-0.2, 0) is 28.4 Å². The number of piperidine rings is 1. The molecule has 1 amide bonds. The molecule has 3 fully saturated rings. The number of hydrogen-bond acceptors (Lipinski definition) is 7. The van der Waals surface area contributed by atoms with Gasteiger partial charge in [0, 0.05) is 81.0 Å². The van der Waals surface area contributed by atoms with Crippen molar-refractivity contribution in [3.63, 3.8) is 0 Å². The standard InChI is InChI=1S/C39H50N6O6S/c1-6-44(29-13-17-51-18-14-29)35-22-28(20-32(26(35)4)37(46)40-23-33-24(2)19-25(3)41-38(33)47)27-7-10-34-36(21-27)45(39(48)42(34)5)30-11-15-43(16-12-30)52(49,50)31-8-9-31/h7,10,19-22,29-31H,6,8-9,11-18,23H2,1-5H3,(H,40,46)(H,41,47). The quantitative estimate of drug-likeness (QED) is 0.242. The Labute approximate surface area is 304 Å². The Morgan fingerprint density at radius 2 is 1.65 bits per heavy atom. The Balaban J connectivity index is 1.27. The Bertz CT molecular complexity index is 2240. The van der Waals surface area contributed by atoms with E-state index in [1.165, 1.54) is 0 Å². The fourth-order valence-corrected chi connectivity index (χ4v) is 10.1. The highest BCUT2D eigenvalue weighted by molar-refractivity contribution is 7.90. The summed E-state index contributed by atoms with van der Waals surface area (Å²) >= 11 is 0. The first-order chi connectivity index (χ1) is 24.9. The molecule has 4 aromatic rings. The monoisotopic (exact) mass is 730 g/mol. The highest BCUT2D eigenvalue weighted by Gasteiger charge is 2.41. The molecule has 2 N–H and O–H groups in total. The van der Waals surface area contributed by atoms with Gasteiger partial charge in [-0.05, 0) is 119 Å². The molecule has 278 valence electrons. The van der Waals surface area contributed by atoms with Crippen LogP contribution in [0.15, 0.2) is 46.0 Å². The van der Waals surface area contributed by atoms with Gasteiger partial charge >= 0.3 is 5.69 Å². The average Bonchev–Trinajstić information content (AvgIpc) is 3.96. The number of aryl methyl sites for hydroxylation is 3. The second-order valence-electron chi connectivity index (χ2n) is 14.7. The number of nitrogens with one attached hydrogen (secondary N) is 2. The molecule has 2 saturated heterocycles. The number of pyridine rings is 1. The maximum Gasteiger partial charge on any atom is 0.329 e. The molecule has 2 aromatic carbocycles. The van der Waals surface area contributed by atoms with E-state index < -0.39 is 10.0 Å². The number of benzene rings is 2. The zero-order chi connectivity index (χ0) is 36.9. The SMILES string of the molecule is CCN(c1cc(-c2ccc3c(c2)n(C2CCN(S(=O)(=O)C4CC4)CC2)c(=O)n3C)cc(C(=O)NCc2c(C)cc(C)[nH]c2=O)c1C)C1CCOCC1. The number of nitrogens with zero attached hydrogens (tertiary/aromatic N) is 4. The minimum absolute atomic E-state index is 0.0970. The molecule has 52 heavy (non-hydrogen) atoms. The molecule has 0 atom stereocenters. The number of fused-ring (bicyclic) bond motifs is 1.